The smallest absolute Gasteiger partial charge is 0.208 e. The van der Waals surface area contributed by atoms with Crippen molar-refractivity contribution in [2.24, 2.45) is 0 Å². The molecule has 2 N–H and O–H groups in total. The van der Waals surface area contributed by atoms with E-state index < -0.39 is 0 Å². The van der Waals surface area contributed by atoms with E-state index in [4.69, 9.17) is 15.5 Å². The third-order valence-electron chi connectivity index (χ3n) is 6.08. The fraction of sp³-hybridized carbons (Fsp3) is 0.296. The summed E-state index contributed by atoms with van der Waals surface area (Å²) in [6, 6.07) is 17.9. The molecule has 1 aliphatic rings. The fourth-order valence-electron chi connectivity index (χ4n) is 4.22. The largest absolute Gasteiger partial charge is 0.444 e. The second-order valence-electron chi connectivity index (χ2n) is 8.57. The summed E-state index contributed by atoms with van der Waals surface area (Å²) in [5.41, 5.74) is 8.46. The molecule has 5 rings (SSSR count). The van der Waals surface area contributed by atoms with Gasteiger partial charge in [-0.3, -0.25) is 0 Å². The van der Waals surface area contributed by atoms with E-state index in [0.717, 1.165) is 71.3 Å². The highest BCUT2D eigenvalue weighted by Gasteiger charge is 2.19. The van der Waals surface area contributed by atoms with Gasteiger partial charge in [-0.2, -0.15) is 0 Å². The van der Waals surface area contributed by atoms with Gasteiger partial charge in [0.25, 0.3) is 0 Å². The van der Waals surface area contributed by atoms with Crippen molar-refractivity contribution in [1.82, 2.24) is 19.9 Å². The summed E-state index contributed by atoms with van der Waals surface area (Å²) in [7, 11) is 0. The average molecular weight is 487 g/mol. The van der Waals surface area contributed by atoms with Crippen molar-refractivity contribution in [3.05, 3.63) is 72.0 Å². The number of pyridine rings is 2. The van der Waals surface area contributed by atoms with E-state index in [1.54, 1.807) is 23.7 Å². The second-order valence-corrected chi connectivity index (χ2v) is 9.61. The molecule has 0 bridgehead atoms. The molecule has 3 aromatic heterocycles. The zero-order valence-electron chi connectivity index (χ0n) is 19.9. The first-order chi connectivity index (χ1) is 17.2. The highest BCUT2D eigenvalue weighted by Crippen LogP contribution is 2.39. The summed E-state index contributed by atoms with van der Waals surface area (Å²) in [6.45, 7) is 6.13. The Morgan fingerprint density at radius 2 is 1.86 bits per heavy atom. The van der Waals surface area contributed by atoms with Gasteiger partial charge in [-0.1, -0.05) is 48.6 Å². The Bertz CT molecular complexity index is 1240. The molecule has 4 aromatic rings. The number of nitrogens with two attached hydrogens (primary N) is 1. The maximum absolute atomic E-state index is 6.41. The molecule has 180 valence electrons. The van der Waals surface area contributed by atoms with Crippen LogP contribution < -0.4 is 15.4 Å². The Kier molecular flexibility index (Phi) is 7.20. The predicted octanol–water partition coefficient (Wildman–Crippen LogP) is 5.77. The number of nitrogens with zero attached hydrogens (tertiary/aromatic N) is 5. The van der Waals surface area contributed by atoms with Gasteiger partial charge < -0.3 is 20.3 Å². The topological polar surface area (TPSA) is 80.4 Å². The van der Waals surface area contributed by atoms with Gasteiger partial charge in [-0.05, 0) is 50.6 Å². The van der Waals surface area contributed by atoms with Crippen molar-refractivity contribution in [2.45, 2.75) is 26.2 Å². The summed E-state index contributed by atoms with van der Waals surface area (Å²) in [5, 5.41) is 1.84. The lowest BCUT2D eigenvalue weighted by atomic mass is 10.2. The van der Waals surface area contributed by atoms with Gasteiger partial charge >= 0.3 is 0 Å². The number of ether oxygens (including phenoxy) is 1. The predicted molar refractivity (Wildman–Crippen MR) is 143 cm³/mol. The Morgan fingerprint density at radius 3 is 2.60 bits per heavy atom. The summed E-state index contributed by atoms with van der Waals surface area (Å²) >= 11 is 1.59. The molecule has 4 heterocycles. The standard InChI is InChI=1S/C27H30N6OS/c1-2-25-31-26(20-8-4-3-5-9-20)27(35-25)34-22-12-13-29-24(18-22)33(17-16-32-14-6-7-15-32)23-11-10-21(28)19-30-23/h3-5,8-13,18-19H,2,6-7,14-17,28H2,1H3. The molecule has 1 aliphatic heterocycles. The van der Waals surface area contributed by atoms with Crippen LogP contribution in [0.2, 0.25) is 0 Å². The molecule has 0 aliphatic carbocycles. The number of benzene rings is 1. The third-order valence-corrected chi connectivity index (χ3v) is 7.16. The van der Waals surface area contributed by atoms with Crippen LogP contribution in [-0.4, -0.2) is 46.0 Å². The summed E-state index contributed by atoms with van der Waals surface area (Å²) in [6.07, 6.45) is 6.87. The molecular formula is C27H30N6OS. The number of hydrogen-bond acceptors (Lipinski definition) is 8. The molecule has 0 spiro atoms. The van der Waals surface area contributed by atoms with Crippen LogP contribution in [0.1, 0.15) is 24.8 Å². The minimum Gasteiger partial charge on any atom is -0.444 e. The van der Waals surface area contributed by atoms with E-state index in [-0.39, 0.29) is 0 Å². The molecule has 1 saturated heterocycles. The Balaban J connectivity index is 1.43. The number of hydrogen-bond donors (Lipinski definition) is 1. The van der Waals surface area contributed by atoms with Crippen LogP contribution in [0, 0.1) is 0 Å². The Morgan fingerprint density at radius 1 is 1.03 bits per heavy atom. The fourth-order valence-corrected chi connectivity index (χ4v) is 5.11. The van der Waals surface area contributed by atoms with E-state index in [9.17, 15) is 0 Å². The number of aryl methyl sites for hydroxylation is 1. The SMILES string of the molecule is CCc1nc(-c2ccccc2)c(Oc2ccnc(N(CCN3CCCC3)c3ccc(N)cn3)c2)s1. The lowest BCUT2D eigenvalue weighted by Gasteiger charge is -2.26. The van der Waals surface area contributed by atoms with Crippen LogP contribution in [-0.2, 0) is 6.42 Å². The highest BCUT2D eigenvalue weighted by molar-refractivity contribution is 7.14. The van der Waals surface area contributed by atoms with Crippen molar-refractivity contribution < 1.29 is 4.74 Å². The number of rotatable bonds is 9. The summed E-state index contributed by atoms with van der Waals surface area (Å²) in [5.74, 6) is 2.33. The van der Waals surface area contributed by atoms with E-state index >= 15 is 0 Å². The number of anilines is 3. The van der Waals surface area contributed by atoms with Crippen molar-refractivity contribution in [1.29, 1.82) is 0 Å². The zero-order valence-corrected chi connectivity index (χ0v) is 20.7. The van der Waals surface area contributed by atoms with E-state index in [2.05, 4.69) is 38.8 Å². The first kappa shape index (κ1) is 23.3. The van der Waals surface area contributed by atoms with Gasteiger partial charge in [-0.25, -0.2) is 15.0 Å². The van der Waals surface area contributed by atoms with E-state index in [1.807, 2.05) is 42.5 Å². The first-order valence-corrected chi connectivity index (χ1v) is 12.9. The Hall–Kier alpha value is -3.49. The lowest BCUT2D eigenvalue weighted by Crippen LogP contribution is -2.32. The zero-order chi connectivity index (χ0) is 24.0. The molecule has 35 heavy (non-hydrogen) atoms. The normalized spacial score (nSPS) is 13.7. The van der Waals surface area contributed by atoms with Gasteiger partial charge in [-0.15, -0.1) is 0 Å². The van der Waals surface area contributed by atoms with Crippen LogP contribution in [0.15, 0.2) is 67.0 Å². The average Bonchev–Trinajstić information content (AvgIpc) is 3.56. The van der Waals surface area contributed by atoms with Crippen LogP contribution in [0.5, 0.6) is 10.8 Å². The molecule has 7 nitrogen and oxygen atoms in total. The monoisotopic (exact) mass is 486 g/mol. The molecule has 1 aromatic carbocycles. The molecular weight excluding hydrogens is 456 g/mol. The molecule has 0 amide bonds. The van der Waals surface area contributed by atoms with Gasteiger partial charge in [0.2, 0.25) is 5.06 Å². The lowest BCUT2D eigenvalue weighted by molar-refractivity contribution is 0.347. The number of likely N-dealkylation sites (tertiary alicyclic amines) is 1. The van der Waals surface area contributed by atoms with Gasteiger partial charge in [0, 0.05) is 30.9 Å². The molecule has 0 saturated carbocycles. The van der Waals surface area contributed by atoms with Gasteiger partial charge in [0.15, 0.2) is 0 Å². The van der Waals surface area contributed by atoms with Gasteiger partial charge in [0.1, 0.15) is 23.1 Å². The molecule has 0 atom stereocenters. The maximum Gasteiger partial charge on any atom is 0.208 e. The minimum absolute atomic E-state index is 0.642. The van der Waals surface area contributed by atoms with Crippen molar-refractivity contribution in [3.8, 4) is 22.1 Å². The first-order valence-electron chi connectivity index (χ1n) is 12.1. The highest BCUT2D eigenvalue weighted by atomic mass is 32.1. The van der Waals surface area contributed by atoms with Crippen LogP contribution in [0.3, 0.4) is 0 Å². The second kappa shape index (κ2) is 10.8. The van der Waals surface area contributed by atoms with Crippen LogP contribution in [0.25, 0.3) is 11.3 Å². The Labute approximate surface area is 210 Å². The number of thiazole rings is 1. The van der Waals surface area contributed by atoms with E-state index in [0.29, 0.717) is 5.69 Å². The molecule has 1 fully saturated rings. The molecule has 0 radical (unpaired) electrons. The quantitative estimate of drug-likeness (QED) is 0.322. The van der Waals surface area contributed by atoms with Gasteiger partial charge in [0.05, 0.1) is 16.9 Å². The number of nitrogen functional groups attached to an aromatic ring is 1. The van der Waals surface area contributed by atoms with Crippen LogP contribution >= 0.6 is 11.3 Å². The third kappa shape index (κ3) is 5.61. The van der Waals surface area contributed by atoms with Crippen molar-refractivity contribution >= 4 is 28.7 Å². The maximum atomic E-state index is 6.41. The number of aromatic nitrogens is 3. The minimum atomic E-state index is 0.642. The van der Waals surface area contributed by atoms with Crippen LogP contribution in [0.4, 0.5) is 17.3 Å². The summed E-state index contributed by atoms with van der Waals surface area (Å²) < 4.78 is 6.41. The summed E-state index contributed by atoms with van der Waals surface area (Å²) in [4.78, 5) is 18.7. The van der Waals surface area contributed by atoms with Crippen molar-refractivity contribution in [2.75, 3.05) is 36.8 Å². The molecule has 0 unspecified atom stereocenters. The van der Waals surface area contributed by atoms with Crippen molar-refractivity contribution in [3.63, 3.8) is 0 Å². The van der Waals surface area contributed by atoms with E-state index in [1.165, 1.54) is 12.8 Å². The molecule has 8 heteroatoms.